The summed E-state index contributed by atoms with van der Waals surface area (Å²) < 4.78 is 0. The number of hydrogen-bond acceptors (Lipinski definition) is 3. The van der Waals surface area contributed by atoms with Gasteiger partial charge in [-0.1, -0.05) is 0 Å². The van der Waals surface area contributed by atoms with Gasteiger partial charge in [0, 0.05) is 30.4 Å². The van der Waals surface area contributed by atoms with E-state index in [1.54, 1.807) is 0 Å². The van der Waals surface area contributed by atoms with Crippen LogP contribution < -0.4 is 15.5 Å². The molecule has 2 N–H and O–H groups in total. The molecule has 1 aliphatic rings. The van der Waals surface area contributed by atoms with Crippen molar-refractivity contribution in [3.8, 4) is 0 Å². The molecule has 20 heavy (non-hydrogen) atoms. The molecule has 4 nitrogen and oxygen atoms in total. The van der Waals surface area contributed by atoms with Crippen molar-refractivity contribution in [2.24, 2.45) is 5.92 Å². The van der Waals surface area contributed by atoms with Gasteiger partial charge < -0.3 is 15.5 Å². The number of amides is 1. The van der Waals surface area contributed by atoms with Crippen LogP contribution in [-0.2, 0) is 4.79 Å². The zero-order chi connectivity index (χ0) is 14.4. The van der Waals surface area contributed by atoms with Crippen LogP contribution in [0.5, 0.6) is 0 Å². The summed E-state index contributed by atoms with van der Waals surface area (Å²) in [6.07, 6.45) is 1.87. The van der Waals surface area contributed by atoms with Gasteiger partial charge in [-0.05, 0) is 64.0 Å². The topological polar surface area (TPSA) is 44.4 Å². The summed E-state index contributed by atoms with van der Waals surface area (Å²) in [5, 5.41) is 6.31. The van der Waals surface area contributed by atoms with Crippen molar-refractivity contribution in [1.82, 2.24) is 5.32 Å². The Hall–Kier alpha value is -1.55. The van der Waals surface area contributed by atoms with Crippen LogP contribution in [0, 0.1) is 5.92 Å². The van der Waals surface area contributed by atoms with Crippen molar-refractivity contribution < 1.29 is 4.79 Å². The fraction of sp³-hybridized carbons (Fsp3) is 0.562. The molecule has 1 aromatic carbocycles. The summed E-state index contributed by atoms with van der Waals surface area (Å²) >= 11 is 0. The number of nitrogens with zero attached hydrogens (tertiary/aromatic N) is 1. The first kappa shape index (κ1) is 14.9. The van der Waals surface area contributed by atoms with Gasteiger partial charge in [0.25, 0.3) is 0 Å². The normalized spacial score (nSPS) is 15.9. The highest BCUT2D eigenvalue weighted by Gasteiger charge is 2.20. The Kier molecular flexibility index (Phi) is 5.41. The van der Waals surface area contributed by atoms with Gasteiger partial charge in [-0.15, -0.1) is 0 Å². The number of nitrogens with one attached hydrogen (secondary N) is 2. The second-order valence-corrected chi connectivity index (χ2v) is 5.23. The molecule has 1 amide bonds. The average molecular weight is 275 g/mol. The van der Waals surface area contributed by atoms with Crippen LogP contribution >= 0.6 is 0 Å². The lowest BCUT2D eigenvalue weighted by Crippen LogP contribution is -2.34. The Morgan fingerprint density at radius 3 is 2.35 bits per heavy atom. The van der Waals surface area contributed by atoms with Crippen molar-refractivity contribution in [1.29, 1.82) is 0 Å². The van der Waals surface area contributed by atoms with E-state index in [9.17, 15) is 4.79 Å². The number of benzene rings is 1. The number of carbonyl (C=O) groups is 1. The van der Waals surface area contributed by atoms with Crippen LogP contribution in [0.25, 0.3) is 0 Å². The highest BCUT2D eigenvalue weighted by molar-refractivity contribution is 5.92. The lowest BCUT2D eigenvalue weighted by atomic mass is 9.97. The Labute approximate surface area is 121 Å². The quantitative estimate of drug-likeness (QED) is 0.867. The molecular weight excluding hydrogens is 250 g/mol. The zero-order valence-corrected chi connectivity index (χ0v) is 12.5. The third kappa shape index (κ3) is 3.73. The number of anilines is 2. The molecule has 0 spiro atoms. The predicted octanol–water partition coefficient (Wildman–Crippen LogP) is 2.47. The van der Waals surface area contributed by atoms with Crippen LogP contribution in [0.1, 0.15) is 26.7 Å². The second-order valence-electron chi connectivity index (χ2n) is 5.23. The molecule has 1 aliphatic heterocycles. The number of carbonyl (C=O) groups excluding carboxylic acids is 1. The van der Waals surface area contributed by atoms with Crippen LogP contribution in [-0.4, -0.2) is 32.1 Å². The predicted molar refractivity (Wildman–Crippen MR) is 84.2 cm³/mol. The van der Waals surface area contributed by atoms with Crippen molar-refractivity contribution in [3.63, 3.8) is 0 Å². The molecule has 1 heterocycles. The highest BCUT2D eigenvalue weighted by atomic mass is 16.1. The van der Waals surface area contributed by atoms with Crippen LogP contribution in [0.4, 0.5) is 11.4 Å². The smallest absolute Gasteiger partial charge is 0.227 e. The lowest BCUT2D eigenvalue weighted by molar-refractivity contribution is -0.120. The molecule has 4 heteroatoms. The maximum absolute atomic E-state index is 12.1. The standard InChI is InChI=1S/C16H25N3O/c1-3-19(4-2)15-7-5-14(6-8-15)18-16(20)13-9-11-17-12-10-13/h5-8,13,17H,3-4,9-12H2,1-2H3,(H,18,20). The van der Waals surface area contributed by atoms with E-state index in [0.29, 0.717) is 0 Å². The first-order chi connectivity index (χ1) is 9.74. The fourth-order valence-electron chi connectivity index (χ4n) is 2.67. The van der Waals surface area contributed by atoms with Gasteiger partial charge in [-0.3, -0.25) is 4.79 Å². The van der Waals surface area contributed by atoms with Crippen molar-refractivity contribution in [2.75, 3.05) is 36.4 Å². The summed E-state index contributed by atoms with van der Waals surface area (Å²) in [6.45, 7) is 8.18. The molecule has 1 saturated heterocycles. The van der Waals surface area contributed by atoms with Gasteiger partial charge in [0.2, 0.25) is 5.91 Å². The van der Waals surface area contributed by atoms with E-state index in [4.69, 9.17) is 0 Å². The van der Waals surface area contributed by atoms with Gasteiger partial charge in [0.1, 0.15) is 0 Å². The highest BCUT2D eigenvalue weighted by Crippen LogP contribution is 2.19. The average Bonchev–Trinajstić information content (AvgIpc) is 2.51. The molecule has 0 saturated carbocycles. The molecule has 0 atom stereocenters. The van der Waals surface area contributed by atoms with Crippen LogP contribution in [0.2, 0.25) is 0 Å². The molecule has 0 aliphatic carbocycles. The molecule has 110 valence electrons. The molecular formula is C16H25N3O. The van der Waals surface area contributed by atoms with E-state index in [1.165, 1.54) is 5.69 Å². The minimum Gasteiger partial charge on any atom is -0.372 e. The summed E-state index contributed by atoms with van der Waals surface area (Å²) in [6, 6.07) is 8.13. The Morgan fingerprint density at radius 1 is 1.20 bits per heavy atom. The summed E-state index contributed by atoms with van der Waals surface area (Å²) in [5.74, 6) is 0.306. The van der Waals surface area contributed by atoms with Crippen LogP contribution in [0.3, 0.4) is 0 Å². The van der Waals surface area contributed by atoms with Crippen molar-refractivity contribution >= 4 is 17.3 Å². The van der Waals surface area contributed by atoms with E-state index in [0.717, 1.165) is 44.7 Å². The molecule has 1 fully saturated rings. The van der Waals surface area contributed by atoms with E-state index in [-0.39, 0.29) is 11.8 Å². The van der Waals surface area contributed by atoms with Gasteiger partial charge >= 0.3 is 0 Å². The van der Waals surface area contributed by atoms with E-state index in [2.05, 4.69) is 41.5 Å². The van der Waals surface area contributed by atoms with E-state index in [1.807, 2.05) is 12.1 Å². The third-order valence-electron chi connectivity index (χ3n) is 3.97. The molecule has 2 rings (SSSR count). The summed E-state index contributed by atoms with van der Waals surface area (Å²) in [7, 11) is 0. The number of rotatable bonds is 5. The van der Waals surface area contributed by atoms with Crippen LogP contribution in [0.15, 0.2) is 24.3 Å². The molecule has 0 bridgehead atoms. The minimum absolute atomic E-state index is 0.152. The Balaban J connectivity index is 1.94. The first-order valence-corrected chi connectivity index (χ1v) is 7.61. The fourth-order valence-corrected chi connectivity index (χ4v) is 2.67. The Bertz CT molecular complexity index is 420. The molecule has 0 aromatic heterocycles. The summed E-state index contributed by atoms with van der Waals surface area (Å²) in [5.41, 5.74) is 2.10. The second kappa shape index (κ2) is 7.29. The van der Waals surface area contributed by atoms with Gasteiger partial charge in [0.05, 0.1) is 0 Å². The van der Waals surface area contributed by atoms with E-state index >= 15 is 0 Å². The first-order valence-electron chi connectivity index (χ1n) is 7.61. The maximum Gasteiger partial charge on any atom is 0.227 e. The Morgan fingerprint density at radius 2 is 1.80 bits per heavy atom. The molecule has 0 radical (unpaired) electrons. The largest absolute Gasteiger partial charge is 0.372 e. The maximum atomic E-state index is 12.1. The molecule has 1 aromatic rings. The molecule has 0 unspecified atom stereocenters. The van der Waals surface area contributed by atoms with Crippen molar-refractivity contribution in [3.05, 3.63) is 24.3 Å². The number of hydrogen-bond donors (Lipinski definition) is 2. The monoisotopic (exact) mass is 275 g/mol. The van der Waals surface area contributed by atoms with E-state index < -0.39 is 0 Å². The van der Waals surface area contributed by atoms with Gasteiger partial charge in [0.15, 0.2) is 0 Å². The van der Waals surface area contributed by atoms with Gasteiger partial charge in [-0.2, -0.15) is 0 Å². The minimum atomic E-state index is 0.152. The number of piperidine rings is 1. The lowest BCUT2D eigenvalue weighted by Gasteiger charge is -2.23. The zero-order valence-electron chi connectivity index (χ0n) is 12.5. The van der Waals surface area contributed by atoms with Gasteiger partial charge in [-0.25, -0.2) is 0 Å². The SMILES string of the molecule is CCN(CC)c1ccc(NC(=O)C2CCNCC2)cc1. The summed E-state index contributed by atoms with van der Waals surface area (Å²) in [4.78, 5) is 14.4. The van der Waals surface area contributed by atoms with Crippen molar-refractivity contribution in [2.45, 2.75) is 26.7 Å². The third-order valence-corrected chi connectivity index (χ3v) is 3.97.